The molecule has 0 amide bonds. The minimum atomic E-state index is -0.374. The number of imidazole rings is 1. The molecule has 1 atom stereocenters. The Labute approximate surface area is 176 Å². The maximum Gasteiger partial charge on any atom is 0.332 e. The van der Waals surface area contributed by atoms with E-state index in [2.05, 4.69) is 27.8 Å². The first-order valence-electron chi connectivity index (χ1n) is 9.73. The zero-order chi connectivity index (χ0) is 20.7. The highest BCUT2D eigenvalue weighted by Crippen LogP contribution is 2.33. The van der Waals surface area contributed by atoms with E-state index in [0.717, 1.165) is 16.7 Å². The molecule has 0 saturated carbocycles. The van der Waals surface area contributed by atoms with Crippen LogP contribution < -0.4 is 16.1 Å². The summed E-state index contributed by atoms with van der Waals surface area (Å²) in [5, 5.41) is 0. The van der Waals surface area contributed by atoms with E-state index >= 15 is 0 Å². The predicted molar refractivity (Wildman–Crippen MR) is 116 cm³/mol. The van der Waals surface area contributed by atoms with Gasteiger partial charge in [0.25, 0.3) is 5.56 Å². The van der Waals surface area contributed by atoms with Crippen molar-refractivity contribution in [3.05, 3.63) is 49.6 Å². The Morgan fingerprint density at radius 2 is 1.93 bits per heavy atom. The largest absolute Gasteiger partial charge is 0.380 e. The van der Waals surface area contributed by atoms with Gasteiger partial charge in [-0.15, -0.1) is 0 Å². The van der Waals surface area contributed by atoms with Gasteiger partial charge in [-0.1, -0.05) is 22.9 Å². The molecule has 9 heteroatoms. The van der Waals surface area contributed by atoms with Crippen molar-refractivity contribution < 1.29 is 4.74 Å². The molecule has 3 heterocycles. The first-order chi connectivity index (χ1) is 13.9. The van der Waals surface area contributed by atoms with Crippen LogP contribution in [0.25, 0.3) is 11.2 Å². The molecule has 0 unspecified atom stereocenters. The average molecular weight is 462 g/mol. The highest BCUT2D eigenvalue weighted by molar-refractivity contribution is 9.10. The summed E-state index contributed by atoms with van der Waals surface area (Å²) in [5.41, 5.74) is 1.19. The average Bonchev–Trinajstić information content (AvgIpc) is 3.08. The highest BCUT2D eigenvalue weighted by atomic mass is 79.9. The lowest BCUT2D eigenvalue weighted by molar-refractivity contribution is 0.137. The summed E-state index contributed by atoms with van der Waals surface area (Å²) in [6, 6.07) is 8.01. The number of ether oxygens (including phenoxy) is 1. The third-order valence-corrected chi connectivity index (χ3v) is 5.77. The summed E-state index contributed by atoms with van der Waals surface area (Å²) in [4.78, 5) is 32.8. The lowest BCUT2D eigenvalue weighted by Gasteiger charge is -2.33. The van der Waals surface area contributed by atoms with Crippen LogP contribution in [0.4, 0.5) is 11.6 Å². The zero-order valence-electron chi connectivity index (χ0n) is 16.8. The van der Waals surface area contributed by atoms with Crippen LogP contribution in [0.2, 0.25) is 0 Å². The Morgan fingerprint density at radius 3 is 2.62 bits per heavy atom. The maximum absolute atomic E-state index is 13.2. The monoisotopic (exact) mass is 461 g/mol. The number of aryl methyl sites for hydroxylation is 1. The fourth-order valence-corrected chi connectivity index (χ4v) is 4.11. The Balaban J connectivity index is 1.91. The summed E-state index contributed by atoms with van der Waals surface area (Å²) in [6.45, 7) is 6.58. The molecule has 0 aliphatic carbocycles. The standard InChI is InChI=1S/C20H24BrN5O3/c1-4-29-10-9-24-18(27)16-17(23(3)20(24)28)22-19-25(11-13(2)12-26(16)19)15-7-5-14(21)6-8-15/h5-8,13H,4,9-12H2,1-3H3/t13-/m1/s1. The van der Waals surface area contributed by atoms with E-state index in [-0.39, 0.29) is 17.8 Å². The SMILES string of the molecule is CCOCCn1c(=O)c2c(nc3n2C[C@H](C)CN3c2ccc(Br)cc2)n(C)c1=O. The van der Waals surface area contributed by atoms with Crippen LogP contribution in [0, 0.1) is 5.92 Å². The van der Waals surface area contributed by atoms with E-state index in [1.807, 2.05) is 35.8 Å². The van der Waals surface area contributed by atoms with E-state index in [1.165, 1.54) is 9.13 Å². The van der Waals surface area contributed by atoms with Crippen LogP contribution in [0.5, 0.6) is 0 Å². The van der Waals surface area contributed by atoms with Crippen LogP contribution >= 0.6 is 15.9 Å². The molecule has 0 spiro atoms. The van der Waals surface area contributed by atoms with Crippen molar-refractivity contribution in [2.45, 2.75) is 26.9 Å². The van der Waals surface area contributed by atoms with E-state index in [4.69, 9.17) is 9.72 Å². The number of benzene rings is 1. The highest BCUT2D eigenvalue weighted by Gasteiger charge is 2.29. The van der Waals surface area contributed by atoms with E-state index < -0.39 is 0 Å². The van der Waals surface area contributed by atoms with Crippen LogP contribution in [0.1, 0.15) is 13.8 Å². The van der Waals surface area contributed by atoms with Gasteiger partial charge < -0.3 is 14.2 Å². The molecule has 4 rings (SSSR count). The Kier molecular flexibility index (Phi) is 5.35. The summed E-state index contributed by atoms with van der Waals surface area (Å²) in [6.07, 6.45) is 0. The first kappa shape index (κ1) is 19.9. The van der Waals surface area contributed by atoms with E-state index in [1.54, 1.807) is 7.05 Å². The predicted octanol–water partition coefficient (Wildman–Crippen LogP) is 2.48. The summed E-state index contributed by atoms with van der Waals surface area (Å²) in [5.74, 6) is 1.01. The minimum absolute atomic E-state index is 0.224. The van der Waals surface area contributed by atoms with Gasteiger partial charge in [-0.05, 0) is 37.1 Å². The second-order valence-corrected chi connectivity index (χ2v) is 8.30. The van der Waals surface area contributed by atoms with E-state index in [0.29, 0.717) is 42.8 Å². The van der Waals surface area contributed by atoms with Gasteiger partial charge >= 0.3 is 5.69 Å². The summed E-state index contributed by atoms with van der Waals surface area (Å²) < 4.78 is 11.0. The van der Waals surface area contributed by atoms with E-state index in [9.17, 15) is 9.59 Å². The van der Waals surface area contributed by atoms with Gasteiger partial charge in [0.1, 0.15) is 0 Å². The molecule has 8 nitrogen and oxygen atoms in total. The van der Waals surface area contributed by atoms with Crippen molar-refractivity contribution in [1.82, 2.24) is 18.7 Å². The van der Waals surface area contributed by atoms with Gasteiger partial charge in [0, 0.05) is 36.9 Å². The smallest absolute Gasteiger partial charge is 0.332 e. The summed E-state index contributed by atoms with van der Waals surface area (Å²) >= 11 is 3.47. The molecule has 1 aromatic carbocycles. The van der Waals surface area contributed by atoms with Crippen molar-refractivity contribution in [1.29, 1.82) is 0 Å². The van der Waals surface area contributed by atoms with Crippen LogP contribution in [-0.4, -0.2) is 38.4 Å². The number of fused-ring (bicyclic) bond motifs is 3. The molecule has 0 N–H and O–H groups in total. The number of hydrogen-bond donors (Lipinski definition) is 0. The quantitative estimate of drug-likeness (QED) is 0.545. The zero-order valence-corrected chi connectivity index (χ0v) is 18.3. The second kappa shape index (κ2) is 7.79. The van der Waals surface area contributed by atoms with Gasteiger partial charge in [0.2, 0.25) is 5.95 Å². The van der Waals surface area contributed by atoms with Crippen molar-refractivity contribution in [3.63, 3.8) is 0 Å². The third kappa shape index (κ3) is 3.42. The van der Waals surface area contributed by atoms with Crippen molar-refractivity contribution in [2.24, 2.45) is 13.0 Å². The third-order valence-electron chi connectivity index (χ3n) is 5.24. The molecule has 3 aromatic rings. The molecular weight excluding hydrogens is 438 g/mol. The molecule has 0 bridgehead atoms. The van der Waals surface area contributed by atoms with Gasteiger partial charge in [-0.3, -0.25) is 13.9 Å². The molecule has 0 fully saturated rings. The lowest BCUT2D eigenvalue weighted by Crippen LogP contribution is -2.41. The van der Waals surface area contributed by atoms with Crippen LogP contribution in [0.3, 0.4) is 0 Å². The molecule has 1 aliphatic heterocycles. The van der Waals surface area contributed by atoms with Crippen LogP contribution in [-0.2, 0) is 24.9 Å². The molecule has 29 heavy (non-hydrogen) atoms. The first-order valence-corrected chi connectivity index (χ1v) is 10.5. The lowest BCUT2D eigenvalue weighted by atomic mass is 10.1. The molecular formula is C20H24BrN5O3. The number of nitrogens with zero attached hydrogens (tertiary/aromatic N) is 5. The molecule has 1 aliphatic rings. The number of aromatic nitrogens is 4. The van der Waals surface area contributed by atoms with Crippen LogP contribution in [0.15, 0.2) is 38.3 Å². The number of halogens is 1. The Hall–Kier alpha value is -2.39. The number of hydrogen-bond acceptors (Lipinski definition) is 5. The topological polar surface area (TPSA) is 74.3 Å². The Bertz CT molecular complexity index is 1160. The maximum atomic E-state index is 13.2. The van der Waals surface area contributed by atoms with Crippen molar-refractivity contribution in [3.8, 4) is 0 Å². The van der Waals surface area contributed by atoms with Gasteiger partial charge in [-0.2, -0.15) is 4.98 Å². The fraction of sp³-hybridized carbons (Fsp3) is 0.450. The van der Waals surface area contributed by atoms with Gasteiger partial charge in [-0.25, -0.2) is 4.79 Å². The normalized spacial score (nSPS) is 16.4. The molecule has 0 radical (unpaired) electrons. The minimum Gasteiger partial charge on any atom is -0.380 e. The summed E-state index contributed by atoms with van der Waals surface area (Å²) in [7, 11) is 1.66. The van der Waals surface area contributed by atoms with Crippen molar-refractivity contribution in [2.75, 3.05) is 24.7 Å². The fourth-order valence-electron chi connectivity index (χ4n) is 3.84. The molecule has 2 aromatic heterocycles. The van der Waals surface area contributed by atoms with Gasteiger partial charge in [0.05, 0.1) is 13.2 Å². The second-order valence-electron chi connectivity index (χ2n) is 7.38. The molecule has 0 saturated heterocycles. The van der Waals surface area contributed by atoms with Gasteiger partial charge in [0.15, 0.2) is 11.2 Å². The Morgan fingerprint density at radius 1 is 1.21 bits per heavy atom. The number of anilines is 2. The van der Waals surface area contributed by atoms with Crippen molar-refractivity contribution >= 4 is 38.7 Å². The number of rotatable bonds is 5. The molecule has 154 valence electrons.